The summed E-state index contributed by atoms with van der Waals surface area (Å²) < 4.78 is 12.1. The highest BCUT2D eigenvalue weighted by molar-refractivity contribution is 5.87. The predicted octanol–water partition coefficient (Wildman–Crippen LogP) is 13.1. The predicted molar refractivity (Wildman–Crippen MR) is 234 cm³/mol. The number of rotatable bonds is 40. The Kier molecular flexibility index (Phi) is 37.2. The van der Waals surface area contributed by atoms with Crippen molar-refractivity contribution in [3.8, 4) is 0 Å². The average Bonchev–Trinajstić information content (AvgIpc) is 3.16. The van der Waals surface area contributed by atoms with Gasteiger partial charge in [0.1, 0.15) is 6.10 Å². The number of carbonyl (C=O) groups is 3. The zero-order valence-electron chi connectivity index (χ0n) is 37.2. The van der Waals surface area contributed by atoms with Crippen LogP contribution in [0.15, 0.2) is 24.3 Å². The van der Waals surface area contributed by atoms with Crippen LogP contribution in [0.5, 0.6) is 0 Å². The smallest absolute Gasteiger partial charge is 0.306 e. The van der Waals surface area contributed by atoms with Crippen molar-refractivity contribution in [1.82, 2.24) is 10.2 Å². The maximum atomic E-state index is 13.9. The fourth-order valence-electron chi connectivity index (χ4n) is 7.01. The number of hydrogen-bond acceptors (Lipinski definition) is 6. The standard InChI is InChI=1S/C48H90N2O5/c1-7-11-15-16-17-18-19-20-21-22-23-24-25-27-30-33-40-48(47(53)49-42-14-10-4,55-46(52)39-35-43-50(5)6)41-34-31-28-26-29-32-38-45(51)54-44(36-12-8-2)37-13-9-3/h17-18,20-21,44H,7-16,19,22-43H2,1-6H3,(H,49,53)/b18-17-,21-20-. The van der Waals surface area contributed by atoms with E-state index < -0.39 is 5.60 Å². The van der Waals surface area contributed by atoms with Gasteiger partial charge in [0.15, 0.2) is 5.60 Å². The Bertz CT molecular complexity index is 956. The van der Waals surface area contributed by atoms with E-state index in [2.05, 4.69) is 62.2 Å². The molecule has 0 aliphatic heterocycles. The summed E-state index contributed by atoms with van der Waals surface area (Å²) >= 11 is 0. The van der Waals surface area contributed by atoms with Crippen LogP contribution in [0.4, 0.5) is 0 Å². The lowest BCUT2D eigenvalue weighted by atomic mass is 9.88. The summed E-state index contributed by atoms with van der Waals surface area (Å²) in [6, 6.07) is 0. The Morgan fingerprint density at radius 1 is 0.564 bits per heavy atom. The molecular formula is C48H90N2O5. The van der Waals surface area contributed by atoms with Crippen LogP contribution in [0, 0.1) is 0 Å². The lowest BCUT2D eigenvalue weighted by Gasteiger charge is -2.33. The summed E-state index contributed by atoms with van der Waals surface area (Å²) in [6.45, 7) is 10.2. The summed E-state index contributed by atoms with van der Waals surface area (Å²) in [6.07, 6.45) is 40.0. The molecule has 7 heteroatoms. The fourth-order valence-corrected chi connectivity index (χ4v) is 7.01. The Morgan fingerprint density at radius 3 is 1.60 bits per heavy atom. The molecule has 1 atom stereocenters. The minimum absolute atomic E-state index is 0.0485. The van der Waals surface area contributed by atoms with Crippen molar-refractivity contribution >= 4 is 17.8 Å². The SMILES string of the molecule is CCCCC/C=C\C/C=C\CCCCCCCCC(CCCCCCCCC(=O)OC(CCCC)CCCC)(OC(=O)CCCN(C)C)C(=O)NCCCC. The van der Waals surface area contributed by atoms with E-state index in [4.69, 9.17) is 9.47 Å². The number of carbonyl (C=O) groups excluding carboxylic acids is 3. The van der Waals surface area contributed by atoms with Crippen LogP contribution in [-0.2, 0) is 23.9 Å². The molecule has 0 saturated heterocycles. The summed E-state index contributed by atoms with van der Waals surface area (Å²) in [5, 5.41) is 3.15. The third-order valence-electron chi connectivity index (χ3n) is 10.6. The van der Waals surface area contributed by atoms with Crippen LogP contribution in [-0.4, -0.2) is 61.6 Å². The number of esters is 2. The van der Waals surface area contributed by atoms with E-state index in [-0.39, 0.29) is 23.9 Å². The van der Waals surface area contributed by atoms with Gasteiger partial charge in [-0.25, -0.2) is 0 Å². The second-order valence-electron chi connectivity index (χ2n) is 16.3. The van der Waals surface area contributed by atoms with Crippen molar-refractivity contribution in [3.63, 3.8) is 0 Å². The second kappa shape index (κ2) is 38.7. The molecule has 55 heavy (non-hydrogen) atoms. The van der Waals surface area contributed by atoms with Crippen molar-refractivity contribution in [1.29, 1.82) is 0 Å². The number of ether oxygens (including phenoxy) is 2. The van der Waals surface area contributed by atoms with E-state index in [1.165, 1.54) is 44.9 Å². The Labute approximate surface area is 341 Å². The van der Waals surface area contributed by atoms with E-state index in [0.29, 0.717) is 32.2 Å². The topological polar surface area (TPSA) is 84.9 Å². The molecule has 0 aromatic carbocycles. The van der Waals surface area contributed by atoms with E-state index in [1.807, 2.05) is 14.1 Å². The zero-order valence-corrected chi connectivity index (χ0v) is 37.2. The molecule has 0 saturated carbocycles. The molecule has 0 aromatic rings. The molecule has 0 fully saturated rings. The minimum atomic E-state index is -1.10. The van der Waals surface area contributed by atoms with Crippen LogP contribution < -0.4 is 5.32 Å². The first kappa shape index (κ1) is 52.9. The summed E-state index contributed by atoms with van der Waals surface area (Å²) in [4.78, 5) is 41.7. The molecule has 0 rings (SSSR count). The van der Waals surface area contributed by atoms with E-state index in [9.17, 15) is 14.4 Å². The maximum absolute atomic E-state index is 13.9. The number of nitrogens with one attached hydrogen (secondary N) is 1. The highest BCUT2D eigenvalue weighted by Crippen LogP contribution is 2.29. The minimum Gasteiger partial charge on any atom is -0.462 e. The van der Waals surface area contributed by atoms with Crippen LogP contribution in [0.2, 0.25) is 0 Å². The lowest BCUT2D eigenvalue weighted by molar-refractivity contribution is -0.171. The molecule has 0 aliphatic rings. The summed E-state index contributed by atoms with van der Waals surface area (Å²) in [5.41, 5.74) is -1.10. The van der Waals surface area contributed by atoms with Crippen molar-refractivity contribution in [2.45, 2.75) is 238 Å². The van der Waals surface area contributed by atoms with Crippen molar-refractivity contribution < 1.29 is 23.9 Å². The number of allylic oxidation sites excluding steroid dienone is 4. The van der Waals surface area contributed by atoms with Crippen LogP contribution in [0.3, 0.4) is 0 Å². The zero-order chi connectivity index (χ0) is 40.7. The van der Waals surface area contributed by atoms with Gasteiger partial charge >= 0.3 is 11.9 Å². The third kappa shape index (κ3) is 32.6. The van der Waals surface area contributed by atoms with Gasteiger partial charge < -0.3 is 19.7 Å². The Hall–Kier alpha value is -2.15. The highest BCUT2D eigenvalue weighted by atomic mass is 16.6. The molecule has 7 nitrogen and oxygen atoms in total. The van der Waals surface area contributed by atoms with Crippen molar-refractivity contribution in [2.75, 3.05) is 27.2 Å². The van der Waals surface area contributed by atoms with E-state index >= 15 is 0 Å². The monoisotopic (exact) mass is 775 g/mol. The molecule has 1 amide bonds. The molecule has 1 unspecified atom stereocenters. The average molecular weight is 775 g/mol. The van der Waals surface area contributed by atoms with Gasteiger partial charge in [-0.15, -0.1) is 0 Å². The fraction of sp³-hybridized carbons (Fsp3) is 0.854. The first-order chi connectivity index (χ1) is 26.7. The van der Waals surface area contributed by atoms with Crippen LogP contribution >= 0.6 is 0 Å². The first-order valence-electron chi connectivity index (χ1n) is 23.4. The molecule has 1 N–H and O–H groups in total. The van der Waals surface area contributed by atoms with Gasteiger partial charge in [0.05, 0.1) is 0 Å². The maximum Gasteiger partial charge on any atom is 0.306 e. The van der Waals surface area contributed by atoms with Gasteiger partial charge in [-0.05, 0) is 111 Å². The first-order valence-corrected chi connectivity index (χ1v) is 23.4. The number of nitrogens with zero attached hydrogens (tertiary/aromatic N) is 1. The summed E-state index contributed by atoms with van der Waals surface area (Å²) in [7, 11) is 4.01. The third-order valence-corrected chi connectivity index (χ3v) is 10.6. The van der Waals surface area contributed by atoms with Gasteiger partial charge in [0.2, 0.25) is 0 Å². The molecular weight excluding hydrogens is 685 g/mol. The number of unbranched alkanes of at least 4 members (excludes halogenated alkanes) is 17. The van der Waals surface area contributed by atoms with Crippen LogP contribution in [0.1, 0.15) is 227 Å². The largest absolute Gasteiger partial charge is 0.462 e. The van der Waals surface area contributed by atoms with Gasteiger partial charge in [0.25, 0.3) is 5.91 Å². The van der Waals surface area contributed by atoms with Crippen molar-refractivity contribution in [3.05, 3.63) is 24.3 Å². The molecule has 0 heterocycles. The molecule has 0 aromatic heterocycles. The molecule has 0 bridgehead atoms. The lowest BCUT2D eigenvalue weighted by Crippen LogP contribution is -2.50. The van der Waals surface area contributed by atoms with Crippen LogP contribution in [0.25, 0.3) is 0 Å². The van der Waals surface area contributed by atoms with Crippen molar-refractivity contribution in [2.24, 2.45) is 0 Å². The number of amides is 1. The van der Waals surface area contributed by atoms with Gasteiger partial charge in [-0.2, -0.15) is 0 Å². The Balaban J connectivity index is 4.99. The Morgan fingerprint density at radius 2 is 1.05 bits per heavy atom. The molecule has 0 spiro atoms. The van der Waals surface area contributed by atoms with Gasteiger partial charge in [-0.1, -0.05) is 148 Å². The quantitative estimate of drug-likeness (QED) is 0.0379. The molecule has 0 radical (unpaired) electrons. The molecule has 322 valence electrons. The van der Waals surface area contributed by atoms with E-state index in [1.54, 1.807) is 0 Å². The molecule has 0 aliphatic carbocycles. The summed E-state index contributed by atoms with van der Waals surface area (Å²) in [5.74, 6) is -0.419. The normalized spacial score (nSPS) is 12.9. The number of hydrogen-bond donors (Lipinski definition) is 1. The second-order valence-corrected chi connectivity index (χ2v) is 16.3. The highest BCUT2D eigenvalue weighted by Gasteiger charge is 2.41. The van der Waals surface area contributed by atoms with E-state index in [0.717, 1.165) is 135 Å². The van der Waals surface area contributed by atoms with Gasteiger partial charge in [-0.3, -0.25) is 14.4 Å². The van der Waals surface area contributed by atoms with Gasteiger partial charge in [0, 0.05) is 19.4 Å².